The number of nitrogens with zero attached hydrogens (tertiary/aromatic N) is 7. The maximum absolute atomic E-state index is 14.1. The molecule has 4 unspecified atom stereocenters. The molecule has 5 heterocycles. The fourth-order valence-electron chi connectivity index (χ4n) is 9.69. The van der Waals surface area contributed by atoms with Crippen LogP contribution in [0, 0.1) is 23.7 Å². The smallest absolute Gasteiger partial charge is 0.308 e. The zero-order valence-electron chi connectivity index (χ0n) is 41.0. The lowest BCUT2D eigenvalue weighted by Crippen LogP contribution is -2.63. The van der Waals surface area contributed by atoms with Gasteiger partial charge < -0.3 is 58.5 Å². The average molecular weight is 956 g/mol. The molecule has 2 fully saturated rings. The highest BCUT2D eigenvalue weighted by molar-refractivity contribution is 5.91. The van der Waals surface area contributed by atoms with Crippen molar-refractivity contribution >= 4 is 22.8 Å². The second kappa shape index (κ2) is 24.2. The minimum atomic E-state index is -1.31. The number of fused-ring (bicyclic) bond motifs is 1. The quantitative estimate of drug-likeness (QED) is 0.170. The number of benzene rings is 1. The van der Waals surface area contributed by atoms with Crippen LogP contribution in [0.1, 0.15) is 72.9 Å². The summed E-state index contributed by atoms with van der Waals surface area (Å²) in [6, 6.07) is 6.89. The summed E-state index contributed by atoms with van der Waals surface area (Å²) >= 11 is 0. The molecule has 0 spiro atoms. The second-order valence-electron chi connectivity index (χ2n) is 19.0. The van der Waals surface area contributed by atoms with Crippen molar-refractivity contribution in [3.05, 3.63) is 60.0 Å². The summed E-state index contributed by atoms with van der Waals surface area (Å²) in [5.41, 5.74) is 2.99. The van der Waals surface area contributed by atoms with Gasteiger partial charge in [-0.15, -0.1) is 10.2 Å². The molecule has 2 aromatic heterocycles. The van der Waals surface area contributed by atoms with Crippen LogP contribution in [-0.4, -0.2) is 182 Å². The van der Waals surface area contributed by atoms with Crippen LogP contribution in [0.25, 0.3) is 11.0 Å². The molecule has 4 N–H and O–H groups in total. The number of rotatable bonds is 14. The third kappa shape index (κ3) is 12.8. The fraction of sp³-hybridized carbons (Fsp3) is 0.708. The van der Waals surface area contributed by atoms with Crippen molar-refractivity contribution in [2.24, 2.45) is 23.7 Å². The van der Waals surface area contributed by atoms with Gasteiger partial charge in [-0.3, -0.25) is 14.3 Å². The number of ketones is 1. The van der Waals surface area contributed by atoms with Gasteiger partial charge in [-0.2, -0.15) is 0 Å². The number of aryl methyl sites for hydroxylation is 1. The van der Waals surface area contributed by atoms with E-state index in [1.54, 1.807) is 55.2 Å². The minimum Gasteiger partial charge on any atom is -0.462 e. The highest BCUT2D eigenvalue weighted by Gasteiger charge is 2.48. The van der Waals surface area contributed by atoms with Gasteiger partial charge in [-0.25, -0.2) is 4.68 Å². The molecule has 20 heteroatoms. The van der Waals surface area contributed by atoms with Crippen molar-refractivity contribution in [3.63, 3.8) is 0 Å². The van der Waals surface area contributed by atoms with Gasteiger partial charge in [0.2, 0.25) is 0 Å². The number of aromatic nitrogens is 6. The normalized spacial score (nSPS) is 36.0. The average Bonchev–Trinajstić information content (AvgIpc) is 3.95. The van der Waals surface area contributed by atoms with Crippen molar-refractivity contribution < 1.29 is 63.2 Å². The second-order valence-corrected chi connectivity index (χ2v) is 19.0. The van der Waals surface area contributed by atoms with E-state index in [2.05, 4.69) is 20.6 Å². The molecule has 0 aliphatic carbocycles. The van der Waals surface area contributed by atoms with Crippen LogP contribution < -0.4 is 0 Å². The van der Waals surface area contributed by atoms with E-state index in [1.807, 2.05) is 57.3 Å². The number of aliphatic hydroxyl groups excluding tert-OH is 4. The summed E-state index contributed by atoms with van der Waals surface area (Å²) < 4.78 is 46.1. The maximum atomic E-state index is 14.1. The number of aliphatic hydroxyl groups is 4. The van der Waals surface area contributed by atoms with E-state index in [4.69, 9.17) is 33.2 Å². The van der Waals surface area contributed by atoms with E-state index in [9.17, 15) is 30.0 Å². The van der Waals surface area contributed by atoms with Crippen LogP contribution in [0.5, 0.6) is 0 Å². The summed E-state index contributed by atoms with van der Waals surface area (Å²) in [5.74, 6) is -3.12. The fourth-order valence-corrected chi connectivity index (χ4v) is 9.69. The van der Waals surface area contributed by atoms with Gasteiger partial charge in [-0.1, -0.05) is 61.1 Å². The molecule has 0 radical (unpaired) electrons. The number of likely N-dealkylation sites (N-methyl/N-ethyl adjacent to an activating group) is 1. The van der Waals surface area contributed by atoms with Gasteiger partial charge in [0.25, 0.3) is 0 Å². The summed E-state index contributed by atoms with van der Waals surface area (Å²) in [7, 11) is 6.45. The number of hydrogen-bond donors (Lipinski definition) is 4. The Morgan fingerprint density at radius 1 is 0.868 bits per heavy atom. The third-order valence-corrected chi connectivity index (χ3v) is 13.8. The van der Waals surface area contributed by atoms with Crippen molar-refractivity contribution in [3.8, 4) is 0 Å². The van der Waals surface area contributed by atoms with Crippen molar-refractivity contribution in [1.82, 2.24) is 34.9 Å². The first-order chi connectivity index (χ1) is 32.4. The molecule has 3 aliphatic rings. The molecule has 68 heavy (non-hydrogen) atoms. The van der Waals surface area contributed by atoms with Crippen LogP contribution in [-0.2, 0) is 55.8 Å². The van der Waals surface area contributed by atoms with E-state index in [-0.39, 0.29) is 18.8 Å². The first-order valence-corrected chi connectivity index (χ1v) is 23.7. The zero-order valence-corrected chi connectivity index (χ0v) is 41.0. The van der Waals surface area contributed by atoms with Crippen molar-refractivity contribution in [2.75, 3.05) is 34.9 Å². The Morgan fingerprint density at radius 2 is 1.57 bits per heavy atom. The standard InChI is InChI=1S/C48H73N7O13/c1-11-38-32(25-64-48-46(63-10)45(62-9)42(60)30(6)66-48)20-26(2)16-17-36(56)27(3)21-31(18-19-54-23-33(49-51-54)24-55-35-15-13-12-14-34(35)50-52-55)44(28(4)37(57)22-39(58)67-38)68-47-43(61)40(53(7)8)41(59)29(5)65-47/h12-17,20,23,27-32,37-38,40-48,57,59-61H,11,18-19,21-22,24-25H2,1-10H3/t27-,28+,29-,30?,31+,32-,37-,38-,40?,41-,42-,43?,44-,45+,46?,47+,48-/m1/s1. The van der Waals surface area contributed by atoms with Crippen LogP contribution in [0.15, 0.2) is 54.3 Å². The summed E-state index contributed by atoms with van der Waals surface area (Å²) in [6.07, 6.45) is -3.58. The number of cyclic esters (lactones) is 1. The van der Waals surface area contributed by atoms with E-state index >= 15 is 0 Å². The lowest BCUT2D eigenvalue weighted by Gasteiger charge is -2.46. The van der Waals surface area contributed by atoms with Gasteiger partial charge in [0.15, 0.2) is 18.4 Å². The number of allylic oxidation sites excluding steroid dienone is 3. The molecule has 0 saturated carbocycles. The number of ether oxygens (including phenoxy) is 7. The van der Waals surface area contributed by atoms with Crippen molar-refractivity contribution in [1.29, 1.82) is 0 Å². The number of carbonyl (C=O) groups is 2. The summed E-state index contributed by atoms with van der Waals surface area (Å²) in [5, 5.41) is 62.8. The Balaban J connectivity index is 1.29. The van der Waals surface area contributed by atoms with E-state index < -0.39 is 116 Å². The first-order valence-electron chi connectivity index (χ1n) is 23.7. The monoisotopic (exact) mass is 956 g/mol. The lowest BCUT2D eigenvalue weighted by atomic mass is 9.79. The third-order valence-electron chi connectivity index (χ3n) is 13.8. The molecule has 1 aromatic carbocycles. The molecule has 6 rings (SSSR count). The molecule has 3 aromatic rings. The lowest BCUT2D eigenvalue weighted by molar-refractivity contribution is -0.304. The molecular weight excluding hydrogens is 883 g/mol. The minimum absolute atomic E-state index is 0.0110. The Morgan fingerprint density at radius 3 is 2.28 bits per heavy atom. The Labute approximate surface area is 398 Å². The molecule has 3 aliphatic heterocycles. The van der Waals surface area contributed by atoms with Crippen LogP contribution >= 0.6 is 0 Å². The highest BCUT2D eigenvalue weighted by atomic mass is 16.7. The molecular formula is C48H73N7O13. The molecule has 20 nitrogen and oxygen atoms in total. The largest absolute Gasteiger partial charge is 0.462 e. The van der Waals surface area contributed by atoms with Crippen LogP contribution in [0.2, 0.25) is 0 Å². The number of methoxy groups -OCH3 is 2. The van der Waals surface area contributed by atoms with Gasteiger partial charge in [0.1, 0.15) is 41.7 Å². The van der Waals surface area contributed by atoms with Crippen molar-refractivity contribution in [2.45, 2.75) is 160 Å². The van der Waals surface area contributed by atoms with Crippen LogP contribution in [0.3, 0.4) is 0 Å². The van der Waals surface area contributed by atoms with E-state index in [1.165, 1.54) is 20.3 Å². The maximum Gasteiger partial charge on any atom is 0.308 e. The van der Waals surface area contributed by atoms with Gasteiger partial charge in [-0.05, 0) is 78.3 Å². The van der Waals surface area contributed by atoms with Gasteiger partial charge >= 0.3 is 5.97 Å². The van der Waals surface area contributed by atoms with E-state index in [0.717, 1.165) is 16.6 Å². The molecule has 2 saturated heterocycles. The SMILES string of the molecule is CC[C@H]1OC(=O)C[C@@H](O)[C@H](C)[C@@H](O[C@@H]2O[C@H](C)[C@@H](O)C(N(C)C)C2O)[C@@H](CCn2cc(Cn3nnc4ccccc43)nn2)C[C@@H](C)C(=O)C=CC(C)=C[C@@H]1CO[C@@H]1OC(C)[C@@H](O)[C@H](OC)C1OC. The number of carbonyl (C=O) groups excluding carboxylic acids is 2. The first kappa shape index (κ1) is 53.3. The predicted molar refractivity (Wildman–Crippen MR) is 246 cm³/mol. The van der Waals surface area contributed by atoms with E-state index in [0.29, 0.717) is 31.6 Å². The Bertz CT molecular complexity index is 2150. The molecule has 0 amide bonds. The van der Waals surface area contributed by atoms with Gasteiger partial charge in [0.05, 0.1) is 67.8 Å². The predicted octanol–water partition coefficient (Wildman–Crippen LogP) is 2.45. The van der Waals surface area contributed by atoms with Gasteiger partial charge in [0, 0.05) is 38.5 Å². The molecule has 0 bridgehead atoms. The Hall–Kier alpha value is -4.06. The summed E-state index contributed by atoms with van der Waals surface area (Å²) in [4.78, 5) is 29.7. The number of para-hydroxylation sites is 1. The molecule has 378 valence electrons. The summed E-state index contributed by atoms with van der Waals surface area (Å²) in [6.45, 7) is 11.4. The number of hydrogen-bond acceptors (Lipinski definition) is 18. The topological polar surface area (TPSA) is 244 Å². The highest BCUT2D eigenvalue weighted by Crippen LogP contribution is 2.35. The molecule has 17 atom stereocenters. The van der Waals surface area contributed by atoms with Crippen LogP contribution in [0.4, 0.5) is 0 Å². The number of esters is 1. The zero-order chi connectivity index (χ0) is 49.4. The Kier molecular flexibility index (Phi) is 18.9.